The highest BCUT2D eigenvalue weighted by molar-refractivity contribution is 5.88. The molecule has 3 heteroatoms. The van der Waals surface area contributed by atoms with E-state index in [9.17, 15) is 4.79 Å². The lowest BCUT2D eigenvalue weighted by Crippen LogP contribution is -2.41. The van der Waals surface area contributed by atoms with Crippen molar-refractivity contribution in [1.29, 1.82) is 0 Å². The van der Waals surface area contributed by atoms with Gasteiger partial charge in [-0.15, -0.1) is 0 Å². The topological polar surface area (TPSA) is 35.5 Å². The zero-order chi connectivity index (χ0) is 11.5. The Hall–Kier alpha value is -0.670. The van der Waals surface area contributed by atoms with Crippen molar-refractivity contribution in [2.24, 2.45) is 11.3 Å². The van der Waals surface area contributed by atoms with Crippen molar-refractivity contribution < 1.29 is 14.3 Å². The van der Waals surface area contributed by atoms with Crippen LogP contribution in [0.15, 0.2) is 11.6 Å². The number of methoxy groups -OCH3 is 1. The Morgan fingerprint density at radius 1 is 1.60 bits per heavy atom. The molecule has 0 aromatic carbocycles. The number of hydrogen-bond acceptors (Lipinski definition) is 3. The molecule has 0 aromatic rings. The summed E-state index contributed by atoms with van der Waals surface area (Å²) in [7, 11) is 1.62. The third-order valence-electron chi connectivity index (χ3n) is 3.21. The van der Waals surface area contributed by atoms with Gasteiger partial charge in [-0.2, -0.15) is 0 Å². The summed E-state index contributed by atoms with van der Waals surface area (Å²) < 4.78 is 10.2. The number of carbonyl (C=O) groups excluding carboxylic acids is 1. The van der Waals surface area contributed by atoms with E-state index in [0.29, 0.717) is 19.3 Å². The van der Waals surface area contributed by atoms with Gasteiger partial charge < -0.3 is 9.47 Å². The summed E-state index contributed by atoms with van der Waals surface area (Å²) in [5, 5.41) is 0. The molecule has 1 aliphatic carbocycles. The molecule has 0 aromatic heterocycles. The maximum atomic E-state index is 11.0. The molecule has 0 heterocycles. The molecule has 1 aliphatic rings. The van der Waals surface area contributed by atoms with Crippen molar-refractivity contribution in [2.45, 2.75) is 27.2 Å². The lowest BCUT2D eigenvalue weighted by molar-refractivity contribution is -0.113. The van der Waals surface area contributed by atoms with Crippen LogP contribution in [-0.4, -0.2) is 26.3 Å². The van der Waals surface area contributed by atoms with E-state index in [1.807, 2.05) is 0 Å². The van der Waals surface area contributed by atoms with Gasteiger partial charge in [0.25, 0.3) is 0 Å². The second kappa shape index (κ2) is 4.90. The lowest BCUT2D eigenvalue weighted by Gasteiger charge is -2.47. The Morgan fingerprint density at radius 3 is 2.73 bits per heavy atom. The van der Waals surface area contributed by atoms with Crippen LogP contribution in [-0.2, 0) is 14.3 Å². The summed E-state index contributed by atoms with van der Waals surface area (Å²) in [5.74, 6) is 0.632. The van der Waals surface area contributed by atoms with Crippen LogP contribution < -0.4 is 0 Å². The van der Waals surface area contributed by atoms with E-state index >= 15 is 0 Å². The van der Waals surface area contributed by atoms with E-state index in [4.69, 9.17) is 9.47 Å². The SMILES string of the molecule is COCOCC1CC(=CC(C)=O)C1(C)C. The fourth-order valence-corrected chi connectivity index (χ4v) is 1.95. The lowest BCUT2D eigenvalue weighted by atomic mass is 9.59. The van der Waals surface area contributed by atoms with E-state index in [1.54, 1.807) is 20.1 Å². The van der Waals surface area contributed by atoms with Gasteiger partial charge in [0, 0.05) is 7.11 Å². The van der Waals surface area contributed by atoms with Gasteiger partial charge >= 0.3 is 0 Å². The molecule has 0 radical (unpaired) electrons. The first kappa shape index (κ1) is 12.4. The number of ketones is 1. The standard InChI is InChI=1S/C12H20O3/c1-9(13)5-10-6-11(12(10,2)3)7-15-8-14-4/h5,11H,6-8H2,1-4H3. The Bertz CT molecular complexity index is 266. The molecule has 0 spiro atoms. The molecule has 86 valence electrons. The molecule has 0 aliphatic heterocycles. The fourth-order valence-electron chi connectivity index (χ4n) is 1.95. The first-order chi connectivity index (χ1) is 6.98. The van der Waals surface area contributed by atoms with Crippen LogP contribution in [0.4, 0.5) is 0 Å². The first-order valence-corrected chi connectivity index (χ1v) is 5.26. The van der Waals surface area contributed by atoms with Crippen molar-refractivity contribution in [3.05, 3.63) is 11.6 Å². The number of ether oxygens (including phenoxy) is 2. The van der Waals surface area contributed by atoms with Crippen molar-refractivity contribution in [2.75, 3.05) is 20.5 Å². The van der Waals surface area contributed by atoms with E-state index in [-0.39, 0.29) is 11.2 Å². The summed E-state index contributed by atoms with van der Waals surface area (Å²) in [4.78, 5) is 11.0. The first-order valence-electron chi connectivity index (χ1n) is 5.26. The quantitative estimate of drug-likeness (QED) is 0.398. The molecule has 3 nitrogen and oxygen atoms in total. The predicted octanol–water partition coefficient (Wildman–Crippen LogP) is 2.17. The molecule has 0 bridgehead atoms. The average molecular weight is 212 g/mol. The number of allylic oxidation sites excluding steroid dienone is 2. The normalized spacial score (nSPS) is 26.4. The van der Waals surface area contributed by atoms with Gasteiger partial charge in [-0.1, -0.05) is 19.4 Å². The van der Waals surface area contributed by atoms with E-state index in [1.165, 1.54) is 5.57 Å². The highest BCUT2D eigenvalue weighted by Gasteiger charge is 2.43. The summed E-state index contributed by atoms with van der Waals surface area (Å²) in [6, 6.07) is 0. The van der Waals surface area contributed by atoms with E-state index in [0.717, 1.165) is 6.42 Å². The molecule has 0 amide bonds. The van der Waals surface area contributed by atoms with Crippen molar-refractivity contribution >= 4 is 5.78 Å². The highest BCUT2D eigenvalue weighted by Crippen LogP contribution is 2.50. The van der Waals surface area contributed by atoms with Crippen LogP contribution in [0, 0.1) is 11.3 Å². The third-order valence-corrected chi connectivity index (χ3v) is 3.21. The second-order valence-electron chi connectivity index (χ2n) is 4.68. The Morgan fingerprint density at radius 2 is 2.27 bits per heavy atom. The molecule has 0 N–H and O–H groups in total. The Balaban J connectivity index is 2.45. The maximum absolute atomic E-state index is 11.0. The van der Waals surface area contributed by atoms with Crippen molar-refractivity contribution in [1.82, 2.24) is 0 Å². The number of hydrogen-bond donors (Lipinski definition) is 0. The van der Waals surface area contributed by atoms with Gasteiger partial charge in [0.05, 0.1) is 6.61 Å². The fraction of sp³-hybridized carbons (Fsp3) is 0.750. The molecule has 1 unspecified atom stereocenters. The van der Waals surface area contributed by atoms with Crippen LogP contribution in [0.2, 0.25) is 0 Å². The molecule has 1 atom stereocenters. The summed E-state index contributed by atoms with van der Waals surface area (Å²) in [6.07, 6.45) is 2.73. The largest absolute Gasteiger partial charge is 0.359 e. The minimum absolute atomic E-state index is 0.0966. The minimum atomic E-state index is 0.0966. The Labute approximate surface area is 91.4 Å². The molecule has 1 rings (SSSR count). The van der Waals surface area contributed by atoms with Crippen LogP contribution in [0.25, 0.3) is 0 Å². The van der Waals surface area contributed by atoms with Gasteiger partial charge in [0.2, 0.25) is 0 Å². The maximum Gasteiger partial charge on any atom is 0.152 e. The summed E-state index contributed by atoms with van der Waals surface area (Å²) in [6.45, 7) is 6.96. The third kappa shape index (κ3) is 2.89. The zero-order valence-electron chi connectivity index (χ0n) is 10.0. The van der Waals surface area contributed by atoms with Gasteiger partial charge in [0.15, 0.2) is 5.78 Å². The van der Waals surface area contributed by atoms with Gasteiger partial charge in [-0.25, -0.2) is 0 Å². The molecular weight excluding hydrogens is 192 g/mol. The van der Waals surface area contributed by atoms with Crippen LogP contribution >= 0.6 is 0 Å². The van der Waals surface area contributed by atoms with Crippen molar-refractivity contribution in [3.8, 4) is 0 Å². The monoisotopic (exact) mass is 212 g/mol. The molecule has 1 saturated carbocycles. The smallest absolute Gasteiger partial charge is 0.152 e. The second-order valence-corrected chi connectivity index (χ2v) is 4.68. The van der Waals surface area contributed by atoms with Crippen LogP contribution in [0.1, 0.15) is 27.2 Å². The van der Waals surface area contributed by atoms with Crippen LogP contribution in [0.3, 0.4) is 0 Å². The Kier molecular flexibility index (Phi) is 4.05. The number of rotatable bonds is 5. The van der Waals surface area contributed by atoms with E-state index in [2.05, 4.69) is 13.8 Å². The van der Waals surface area contributed by atoms with Crippen molar-refractivity contribution in [3.63, 3.8) is 0 Å². The summed E-state index contributed by atoms with van der Waals surface area (Å²) >= 11 is 0. The van der Waals surface area contributed by atoms with Crippen LogP contribution in [0.5, 0.6) is 0 Å². The average Bonchev–Trinajstić information content (AvgIpc) is 2.15. The predicted molar refractivity (Wildman–Crippen MR) is 58.5 cm³/mol. The highest BCUT2D eigenvalue weighted by atomic mass is 16.7. The van der Waals surface area contributed by atoms with Gasteiger partial charge in [-0.3, -0.25) is 4.79 Å². The zero-order valence-corrected chi connectivity index (χ0v) is 10.0. The molecule has 1 fully saturated rings. The van der Waals surface area contributed by atoms with E-state index < -0.39 is 0 Å². The molecule has 15 heavy (non-hydrogen) atoms. The number of carbonyl (C=O) groups is 1. The molecule has 0 saturated heterocycles. The minimum Gasteiger partial charge on any atom is -0.359 e. The van der Waals surface area contributed by atoms with Gasteiger partial charge in [0.1, 0.15) is 6.79 Å². The van der Waals surface area contributed by atoms with Gasteiger partial charge in [-0.05, 0) is 30.8 Å². The summed E-state index contributed by atoms with van der Waals surface area (Å²) in [5.41, 5.74) is 1.33. The molecular formula is C12H20O3.